The Morgan fingerprint density at radius 2 is 1.63 bits per heavy atom. The summed E-state index contributed by atoms with van der Waals surface area (Å²) in [5.41, 5.74) is 0. The number of aliphatic carboxylic acids is 2. The van der Waals surface area contributed by atoms with Crippen molar-refractivity contribution in [1.82, 2.24) is 10.6 Å². The van der Waals surface area contributed by atoms with E-state index in [-0.39, 0.29) is 18.6 Å². The first-order valence-corrected chi connectivity index (χ1v) is 9.50. The second-order valence-corrected chi connectivity index (χ2v) is 6.72. The van der Waals surface area contributed by atoms with Gasteiger partial charge in [-0.15, -0.1) is 0 Å². The highest BCUT2D eigenvalue weighted by atomic mass is 32.2. The van der Waals surface area contributed by atoms with Crippen molar-refractivity contribution < 1.29 is 44.7 Å². The van der Waals surface area contributed by atoms with Gasteiger partial charge in [-0.25, -0.2) is 9.59 Å². The van der Waals surface area contributed by atoms with Crippen LogP contribution >= 0.6 is 11.8 Å². The van der Waals surface area contributed by atoms with Gasteiger partial charge in [0.15, 0.2) is 6.10 Å². The predicted octanol–water partition coefficient (Wildman–Crippen LogP) is -2.38. The van der Waals surface area contributed by atoms with Crippen LogP contribution in [0.1, 0.15) is 19.8 Å². The number of aliphatic hydroxyl groups excluding tert-OH is 3. The average Bonchev–Trinajstić information content (AvgIpc) is 2.61. The maximum atomic E-state index is 12.2. The first-order valence-electron chi connectivity index (χ1n) is 8.10. The van der Waals surface area contributed by atoms with Crippen molar-refractivity contribution in [3.05, 3.63) is 0 Å². The number of aliphatic hydroxyl groups is 3. The van der Waals surface area contributed by atoms with Gasteiger partial charge in [0.05, 0.1) is 0 Å². The van der Waals surface area contributed by atoms with Crippen LogP contribution in [0, 0.1) is 5.92 Å². The molecule has 12 heteroatoms. The van der Waals surface area contributed by atoms with Gasteiger partial charge < -0.3 is 36.2 Å². The number of hydrogen-bond donors (Lipinski definition) is 7. The summed E-state index contributed by atoms with van der Waals surface area (Å²) < 4.78 is 0. The molecule has 0 bridgehead atoms. The third-order valence-corrected chi connectivity index (χ3v) is 4.39. The summed E-state index contributed by atoms with van der Waals surface area (Å²) in [5.74, 6) is -4.82. The van der Waals surface area contributed by atoms with E-state index < -0.39 is 60.6 Å². The molecular formula is C15H26N2O9S. The highest BCUT2D eigenvalue weighted by molar-refractivity contribution is 7.98. The normalized spacial score (nSPS) is 16.5. The second-order valence-electron chi connectivity index (χ2n) is 5.81. The molecule has 0 saturated carbocycles. The Morgan fingerprint density at radius 1 is 1.04 bits per heavy atom. The zero-order valence-electron chi connectivity index (χ0n) is 15.0. The molecule has 27 heavy (non-hydrogen) atoms. The Bertz CT molecular complexity index is 531. The van der Waals surface area contributed by atoms with Crippen LogP contribution in [-0.4, -0.2) is 92.2 Å². The van der Waals surface area contributed by atoms with Crippen LogP contribution in [0.5, 0.6) is 0 Å². The topological polar surface area (TPSA) is 193 Å². The van der Waals surface area contributed by atoms with Gasteiger partial charge >= 0.3 is 11.9 Å². The Kier molecular flexibility index (Phi) is 11.6. The predicted molar refractivity (Wildman–Crippen MR) is 95.0 cm³/mol. The minimum Gasteiger partial charge on any atom is -0.480 e. The van der Waals surface area contributed by atoms with E-state index in [0.717, 1.165) is 0 Å². The van der Waals surface area contributed by atoms with Crippen LogP contribution in [-0.2, 0) is 19.2 Å². The summed E-state index contributed by atoms with van der Waals surface area (Å²) >= 11 is 1.24. The van der Waals surface area contributed by atoms with E-state index in [4.69, 9.17) is 15.3 Å². The summed E-state index contributed by atoms with van der Waals surface area (Å²) in [5, 5.41) is 50.3. The number of thioether (sulfide) groups is 1. The third-order valence-electron chi connectivity index (χ3n) is 3.72. The minimum atomic E-state index is -2.21. The van der Waals surface area contributed by atoms with E-state index in [0.29, 0.717) is 0 Å². The monoisotopic (exact) mass is 410 g/mol. The van der Waals surface area contributed by atoms with Crippen LogP contribution in [0.4, 0.5) is 0 Å². The fourth-order valence-electron chi connectivity index (χ4n) is 2.04. The lowest BCUT2D eigenvalue weighted by molar-refractivity contribution is -0.157. The van der Waals surface area contributed by atoms with Crippen LogP contribution in [0.2, 0.25) is 0 Å². The van der Waals surface area contributed by atoms with Crippen LogP contribution in [0.25, 0.3) is 0 Å². The molecule has 0 aliphatic rings. The average molecular weight is 410 g/mol. The van der Waals surface area contributed by atoms with Gasteiger partial charge in [0, 0.05) is 24.6 Å². The van der Waals surface area contributed by atoms with Crippen molar-refractivity contribution in [3.8, 4) is 0 Å². The smallest absolute Gasteiger partial charge is 0.335 e. The Morgan fingerprint density at radius 3 is 2.07 bits per heavy atom. The van der Waals surface area contributed by atoms with Crippen molar-refractivity contribution in [2.24, 2.45) is 5.92 Å². The van der Waals surface area contributed by atoms with E-state index in [1.54, 1.807) is 13.2 Å². The molecule has 0 spiro atoms. The van der Waals surface area contributed by atoms with Crippen molar-refractivity contribution in [2.75, 3.05) is 18.6 Å². The van der Waals surface area contributed by atoms with Crippen molar-refractivity contribution in [1.29, 1.82) is 0 Å². The van der Waals surface area contributed by atoms with E-state index in [2.05, 4.69) is 10.6 Å². The second kappa shape index (κ2) is 12.5. The number of carboxylic acid groups (broad SMARTS) is 2. The number of hydrogen-bond acceptors (Lipinski definition) is 8. The van der Waals surface area contributed by atoms with Gasteiger partial charge in [0.2, 0.25) is 11.8 Å². The molecule has 0 aromatic carbocycles. The Hall–Kier alpha value is -1.89. The lowest BCUT2D eigenvalue weighted by Crippen LogP contribution is -2.48. The zero-order valence-corrected chi connectivity index (χ0v) is 15.8. The summed E-state index contributed by atoms with van der Waals surface area (Å²) in [6.07, 6.45) is -4.29. The highest BCUT2D eigenvalue weighted by Gasteiger charge is 2.31. The number of carboxylic acids is 2. The van der Waals surface area contributed by atoms with Crippen LogP contribution in [0.3, 0.4) is 0 Å². The van der Waals surface area contributed by atoms with Crippen molar-refractivity contribution >= 4 is 35.5 Å². The molecule has 0 unspecified atom stereocenters. The van der Waals surface area contributed by atoms with Gasteiger partial charge in [-0.05, 0) is 12.7 Å². The molecule has 0 fully saturated rings. The van der Waals surface area contributed by atoms with E-state index >= 15 is 0 Å². The number of carbonyl (C=O) groups excluding carboxylic acids is 2. The van der Waals surface area contributed by atoms with E-state index in [1.807, 2.05) is 0 Å². The molecule has 11 nitrogen and oxygen atoms in total. The summed E-state index contributed by atoms with van der Waals surface area (Å²) in [7, 11) is 0. The van der Waals surface area contributed by atoms with Crippen molar-refractivity contribution in [3.63, 3.8) is 0 Å². The number of amides is 2. The fourth-order valence-corrected chi connectivity index (χ4v) is 2.60. The molecular weight excluding hydrogens is 384 g/mol. The minimum absolute atomic E-state index is 0.166. The Labute approximate surface area is 160 Å². The summed E-state index contributed by atoms with van der Waals surface area (Å²) in [6, 6.07) is -1.08. The molecule has 0 heterocycles. The molecule has 0 radical (unpaired) electrons. The Balaban J connectivity index is 4.61. The van der Waals surface area contributed by atoms with Gasteiger partial charge in [-0.3, -0.25) is 9.59 Å². The first kappa shape index (κ1) is 25.1. The maximum Gasteiger partial charge on any atom is 0.335 e. The molecule has 0 aliphatic carbocycles. The zero-order chi connectivity index (χ0) is 21.1. The number of nitrogens with one attached hydrogen (secondary N) is 2. The molecule has 0 aromatic rings. The van der Waals surface area contributed by atoms with Gasteiger partial charge in [-0.2, -0.15) is 11.8 Å². The molecule has 0 saturated heterocycles. The van der Waals surface area contributed by atoms with Gasteiger partial charge in [0.25, 0.3) is 0 Å². The lowest BCUT2D eigenvalue weighted by atomic mass is 10.00. The third kappa shape index (κ3) is 9.04. The highest BCUT2D eigenvalue weighted by Crippen LogP contribution is 2.10. The van der Waals surface area contributed by atoms with Gasteiger partial charge in [0.1, 0.15) is 18.2 Å². The molecule has 7 N–H and O–H groups in total. The van der Waals surface area contributed by atoms with Crippen LogP contribution in [0.15, 0.2) is 0 Å². The molecule has 0 rings (SSSR count). The van der Waals surface area contributed by atoms with E-state index in [9.17, 15) is 29.4 Å². The fraction of sp³-hybridized carbons (Fsp3) is 0.733. The molecule has 156 valence electrons. The number of carbonyl (C=O) groups is 4. The maximum absolute atomic E-state index is 12.2. The quantitative estimate of drug-likeness (QED) is 0.172. The number of rotatable bonds is 13. The summed E-state index contributed by atoms with van der Waals surface area (Å²) in [4.78, 5) is 45.7. The molecule has 0 aliphatic heterocycles. The van der Waals surface area contributed by atoms with Crippen molar-refractivity contribution in [2.45, 2.75) is 44.1 Å². The SMILES string of the molecule is CC[C@@H](CC(=O)NC[C@H](O)[C@@H](O)[C@H](O)C(=O)O)C(=O)N[C@@H](CSC)C(=O)O. The molecule has 5 atom stereocenters. The van der Waals surface area contributed by atoms with E-state index in [1.165, 1.54) is 11.8 Å². The lowest BCUT2D eigenvalue weighted by Gasteiger charge is -2.21. The van der Waals surface area contributed by atoms with Gasteiger partial charge in [-0.1, -0.05) is 6.92 Å². The first-order chi connectivity index (χ1) is 12.5. The summed E-state index contributed by atoms with van der Waals surface area (Å²) in [6.45, 7) is 1.11. The largest absolute Gasteiger partial charge is 0.480 e. The molecule has 2 amide bonds. The molecule has 0 aromatic heterocycles. The standard InChI is InChI=1S/C15H26N2O9S/c1-3-7(13(22)17-8(6-27-2)14(23)24)4-10(19)16-5-9(18)11(20)12(21)15(25)26/h7-9,11-12,18,20-21H,3-6H2,1-2H3,(H,16,19)(H,17,22)(H,23,24)(H,25,26)/t7-,8-,9-,11+,12-/m0/s1. The van der Waals surface area contributed by atoms with Crippen LogP contribution < -0.4 is 10.6 Å².